The van der Waals surface area contributed by atoms with Crippen molar-refractivity contribution in [2.75, 3.05) is 26.8 Å². The van der Waals surface area contributed by atoms with Crippen molar-refractivity contribution in [2.45, 2.75) is 13.3 Å². The molecule has 0 spiro atoms. The molecule has 0 radical (unpaired) electrons. The van der Waals surface area contributed by atoms with E-state index in [2.05, 4.69) is 35.1 Å². The largest absolute Gasteiger partial charge is 0.383 e. The minimum absolute atomic E-state index is 0.773. The normalized spacial score (nSPS) is 12.0. The molecule has 3 heteroatoms. The van der Waals surface area contributed by atoms with Gasteiger partial charge in [0.05, 0.1) is 6.61 Å². The SMILES string of the molecule is CCC(=Cc1ccsc1)CNCCOC. The lowest BCUT2D eigenvalue weighted by atomic mass is 10.1. The number of rotatable bonds is 7. The molecule has 0 saturated carbocycles. The Morgan fingerprint density at radius 1 is 1.60 bits per heavy atom. The van der Waals surface area contributed by atoms with Gasteiger partial charge in [0, 0.05) is 20.2 Å². The van der Waals surface area contributed by atoms with Gasteiger partial charge in [0.25, 0.3) is 0 Å². The summed E-state index contributed by atoms with van der Waals surface area (Å²) in [6.45, 7) is 4.83. The molecule has 1 rings (SSSR count). The molecule has 1 aromatic rings. The monoisotopic (exact) mass is 225 g/mol. The summed E-state index contributed by atoms with van der Waals surface area (Å²) in [5.41, 5.74) is 2.75. The molecule has 0 saturated heterocycles. The molecule has 1 aromatic heterocycles. The Labute approximate surface area is 96.0 Å². The van der Waals surface area contributed by atoms with E-state index in [9.17, 15) is 0 Å². The van der Waals surface area contributed by atoms with E-state index in [0.29, 0.717) is 0 Å². The molecule has 0 aliphatic heterocycles. The Kier molecular flexibility index (Phi) is 6.32. The van der Waals surface area contributed by atoms with Crippen LogP contribution in [0.15, 0.2) is 22.4 Å². The minimum Gasteiger partial charge on any atom is -0.383 e. The molecular formula is C12H19NOS. The van der Waals surface area contributed by atoms with Gasteiger partial charge in [0.1, 0.15) is 0 Å². The first-order valence-corrected chi connectivity index (χ1v) is 6.22. The third kappa shape index (κ3) is 5.11. The van der Waals surface area contributed by atoms with E-state index in [-0.39, 0.29) is 0 Å². The van der Waals surface area contributed by atoms with Gasteiger partial charge in [-0.2, -0.15) is 11.3 Å². The third-order valence-electron chi connectivity index (χ3n) is 2.20. The number of methoxy groups -OCH3 is 1. The Bertz CT molecular complexity index is 280. The molecule has 0 bridgehead atoms. The first-order chi connectivity index (χ1) is 7.36. The molecule has 84 valence electrons. The molecule has 0 aromatic carbocycles. The topological polar surface area (TPSA) is 21.3 Å². The van der Waals surface area contributed by atoms with Crippen LogP contribution >= 0.6 is 11.3 Å². The molecule has 1 heterocycles. The molecule has 0 aliphatic carbocycles. The molecule has 1 N–H and O–H groups in total. The van der Waals surface area contributed by atoms with Gasteiger partial charge in [-0.15, -0.1) is 0 Å². The lowest BCUT2D eigenvalue weighted by Gasteiger charge is -2.06. The van der Waals surface area contributed by atoms with Gasteiger partial charge in [0.2, 0.25) is 0 Å². The van der Waals surface area contributed by atoms with Crippen LogP contribution in [0.3, 0.4) is 0 Å². The second-order valence-electron chi connectivity index (χ2n) is 3.38. The van der Waals surface area contributed by atoms with Crippen LogP contribution < -0.4 is 5.32 Å². The second kappa shape index (κ2) is 7.63. The van der Waals surface area contributed by atoms with Crippen LogP contribution in [0.5, 0.6) is 0 Å². The highest BCUT2D eigenvalue weighted by molar-refractivity contribution is 7.08. The summed E-state index contributed by atoms with van der Waals surface area (Å²) in [6.07, 6.45) is 3.35. The van der Waals surface area contributed by atoms with Gasteiger partial charge in [0.15, 0.2) is 0 Å². The summed E-state index contributed by atoms with van der Waals surface area (Å²) in [4.78, 5) is 0. The molecule has 0 unspecified atom stereocenters. The van der Waals surface area contributed by atoms with Crippen molar-refractivity contribution in [3.05, 3.63) is 28.0 Å². The first-order valence-electron chi connectivity index (χ1n) is 5.28. The van der Waals surface area contributed by atoms with Crippen molar-refractivity contribution in [1.29, 1.82) is 0 Å². The van der Waals surface area contributed by atoms with Crippen molar-refractivity contribution in [1.82, 2.24) is 5.32 Å². The van der Waals surface area contributed by atoms with Gasteiger partial charge in [-0.1, -0.05) is 18.6 Å². The number of ether oxygens (including phenoxy) is 1. The number of hydrogen-bond donors (Lipinski definition) is 1. The summed E-state index contributed by atoms with van der Waals surface area (Å²) >= 11 is 1.74. The van der Waals surface area contributed by atoms with Crippen LogP contribution in [-0.4, -0.2) is 26.8 Å². The zero-order valence-electron chi connectivity index (χ0n) is 9.45. The predicted octanol–water partition coefficient (Wildman–Crippen LogP) is 2.78. The first kappa shape index (κ1) is 12.4. The maximum absolute atomic E-state index is 4.98. The molecule has 0 atom stereocenters. The van der Waals surface area contributed by atoms with Crippen LogP contribution in [0.25, 0.3) is 6.08 Å². The van der Waals surface area contributed by atoms with Crippen LogP contribution in [0.4, 0.5) is 0 Å². The maximum Gasteiger partial charge on any atom is 0.0587 e. The fourth-order valence-electron chi connectivity index (χ4n) is 1.29. The van der Waals surface area contributed by atoms with Gasteiger partial charge in [-0.05, 0) is 28.8 Å². The second-order valence-corrected chi connectivity index (χ2v) is 4.16. The van der Waals surface area contributed by atoms with E-state index in [1.54, 1.807) is 18.4 Å². The molecule has 0 aliphatic rings. The summed E-state index contributed by atoms with van der Waals surface area (Å²) in [7, 11) is 1.73. The van der Waals surface area contributed by atoms with E-state index in [1.807, 2.05) is 0 Å². The zero-order chi connectivity index (χ0) is 10.9. The zero-order valence-corrected chi connectivity index (χ0v) is 10.3. The standard InChI is InChI=1S/C12H19NOS/c1-3-11(9-13-5-6-14-2)8-12-4-7-15-10-12/h4,7-8,10,13H,3,5-6,9H2,1-2H3. The molecule has 0 fully saturated rings. The number of nitrogens with one attached hydrogen (secondary N) is 1. The predicted molar refractivity (Wildman–Crippen MR) is 67.3 cm³/mol. The highest BCUT2D eigenvalue weighted by atomic mass is 32.1. The van der Waals surface area contributed by atoms with E-state index in [0.717, 1.165) is 26.1 Å². The van der Waals surface area contributed by atoms with Crippen LogP contribution in [0.2, 0.25) is 0 Å². The van der Waals surface area contributed by atoms with Gasteiger partial charge < -0.3 is 10.1 Å². The highest BCUT2D eigenvalue weighted by Gasteiger charge is 1.95. The van der Waals surface area contributed by atoms with Gasteiger partial charge in [-0.3, -0.25) is 0 Å². The van der Waals surface area contributed by atoms with E-state index in [4.69, 9.17) is 4.74 Å². The lowest BCUT2D eigenvalue weighted by molar-refractivity contribution is 0.200. The summed E-state index contributed by atoms with van der Waals surface area (Å²) in [5.74, 6) is 0. The quantitative estimate of drug-likeness (QED) is 0.720. The van der Waals surface area contributed by atoms with Gasteiger partial charge >= 0.3 is 0 Å². The van der Waals surface area contributed by atoms with Crippen LogP contribution in [-0.2, 0) is 4.74 Å². The third-order valence-corrected chi connectivity index (χ3v) is 2.90. The Morgan fingerprint density at radius 3 is 3.07 bits per heavy atom. The van der Waals surface area contributed by atoms with Crippen molar-refractivity contribution >= 4 is 17.4 Å². The Morgan fingerprint density at radius 2 is 2.47 bits per heavy atom. The Balaban J connectivity index is 2.35. The molecular weight excluding hydrogens is 206 g/mol. The van der Waals surface area contributed by atoms with E-state index >= 15 is 0 Å². The molecule has 2 nitrogen and oxygen atoms in total. The van der Waals surface area contributed by atoms with Crippen molar-refractivity contribution in [3.8, 4) is 0 Å². The van der Waals surface area contributed by atoms with Crippen LogP contribution in [0, 0.1) is 0 Å². The molecule has 15 heavy (non-hydrogen) atoms. The average Bonchev–Trinajstić information content (AvgIpc) is 2.75. The van der Waals surface area contributed by atoms with Crippen molar-refractivity contribution in [2.24, 2.45) is 0 Å². The average molecular weight is 225 g/mol. The minimum atomic E-state index is 0.773. The fourth-order valence-corrected chi connectivity index (χ4v) is 1.91. The fraction of sp³-hybridized carbons (Fsp3) is 0.500. The summed E-state index contributed by atoms with van der Waals surface area (Å²) in [6, 6.07) is 2.15. The summed E-state index contributed by atoms with van der Waals surface area (Å²) in [5, 5.41) is 7.64. The van der Waals surface area contributed by atoms with Crippen LogP contribution in [0.1, 0.15) is 18.9 Å². The smallest absolute Gasteiger partial charge is 0.0587 e. The maximum atomic E-state index is 4.98. The number of thiophene rings is 1. The Hall–Kier alpha value is -0.640. The lowest BCUT2D eigenvalue weighted by Crippen LogP contribution is -2.21. The molecule has 0 amide bonds. The number of hydrogen-bond acceptors (Lipinski definition) is 3. The van der Waals surface area contributed by atoms with Crippen molar-refractivity contribution < 1.29 is 4.74 Å². The van der Waals surface area contributed by atoms with Crippen molar-refractivity contribution in [3.63, 3.8) is 0 Å². The van der Waals surface area contributed by atoms with E-state index in [1.165, 1.54) is 11.1 Å². The van der Waals surface area contributed by atoms with Gasteiger partial charge in [-0.25, -0.2) is 0 Å². The summed E-state index contributed by atoms with van der Waals surface area (Å²) < 4.78 is 4.98. The van der Waals surface area contributed by atoms with E-state index < -0.39 is 0 Å². The highest BCUT2D eigenvalue weighted by Crippen LogP contribution is 2.12.